The zero-order valence-corrected chi connectivity index (χ0v) is 9.13. The number of hydrogen-bond donors (Lipinski definition) is 1. The number of carbonyl (C=O) groups is 1. The van der Waals surface area contributed by atoms with Gasteiger partial charge in [-0.05, 0) is 30.2 Å². The molecule has 0 aromatic heterocycles. The van der Waals surface area contributed by atoms with Crippen LogP contribution in [0.15, 0.2) is 18.2 Å². The Morgan fingerprint density at radius 2 is 2.27 bits per heavy atom. The molecular formula is C11H13ClN2O. The molecule has 2 rings (SSSR count). The van der Waals surface area contributed by atoms with Gasteiger partial charge in [0.05, 0.1) is 0 Å². The Labute approximate surface area is 93.8 Å². The first kappa shape index (κ1) is 10.3. The van der Waals surface area contributed by atoms with Crippen molar-refractivity contribution in [3.05, 3.63) is 28.8 Å². The van der Waals surface area contributed by atoms with Gasteiger partial charge in [-0.2, -0.15) is 0 Å². The second kappa shape index (κ2) is 4.11. The number of carbonyl (C=O) groups excluding carboxylic acids is 1. The van der Waals surface area contributed by atoms with Crippen molar-refractivity contribution in [3.8, 4) is 0 Å². The molecule has 1 fully saturated rings. The van der Waals surface area contributed by atoms with Crippen LogP contribution in [-0.4, -0.2) is 17.4 Å². The molecule has 0 atom stereocenters. The van der Waals surface area contributed by atoms with Crippen LogP contribution in [0.1, 0.15) is 18.4 Å². The Bertz CT molecular complexity index is 392. The van der Waals surface area contributed by atoms with Crippen LogP contribution in [-0.2, 0) is 11.3 Å². The summed E-state index contributed by atoms with van der Waals surface area (Å²) >= 11 is 5.88. The summed E-state index contributed by atoms with van der Waals surface area (Å²) in [6.45, 7) is 1.40. The van der Waals surface area contributed by atoms with Crippen molar-refractivity contribution < 1.29 is 4.79 Å². The van der Waals surface area contributed by atoms with Gasteiger partial charge in [-0.25, -0.2) is 0 Å². The molecule has 1 aromatic rings. The zero-order chi connectivity index (χ0) is 10.8. The van der Waals surface area contributed by atoms with E-state index in [2.05, 4.69) is 0 Å². The van der Waals surface area contributed by atoms with Gasteiger partial charge in [-0.15, -0.1) is 0 Å². The molecular weight excluding hydrogens is 212 g/mol. The normalized spacial score (nSPS) is 16.1. The standard InChI is InChI=1S/C11H13ClN2O/c12-9-3-4-10(13)8(6-9)7-14-5-1-2-11(14)15/h3-4,6H,1-2,5,7,13H2. The van der Waals surface area contributed by atoms with Crippen LogP contribution >= 0.6 is 11.6 Å². The van der Waals surface area contributed by atoms with Crippen molar-refractivity contribution >= 4 is 23.2 Å². The van der Waals surface area contributed by atoms with E-state index in [9.17, 15) is 4.79 Å². The van der Waals surface area contributed by atoms with Crippen LogP contribution in [0.25, 0.3) is 0 Å². The molecule has 80 valence electrons. The minimum absolute atomic E-state index is 0.203. The van der Waals surface area contributed by atoms with Gasteiger partial charge >= 0.3 is 0 Å². The minimum atomic E-state index is 0.203. The summed E-state index contributed by atoms with van der Waals surface area (Å²) in [4.78, 5) is 13.2. The third-order valence-electron chi connectivity index (χ3n) is 2.64. The number of nitrogens with two attached hydrogens (primary N) is 1. The Morgan fingerprint density at radius 3 is 2.93 bits per heavy atom. The van der Waals surface area contributed by atoms with Gasteiger partial charge in [0, 0.05) is 30.2 Å². The summed E-state index contributed by atoms with van der Waals surface area (Å²) in [7, 11) is 0. The third-order valence-corrected chi connectivity index (χ3v) is 2.87. The molecule has 1 aliphatic rings. The lowest BCUT2D eigenvalue weighted by Crippen LogP contribution is -2.24. The van der Waals surface area contributed by atoms with Crippen LogP contribution in [0.2, 0.25) is 5.02 Å². The molecule has 1 saturated heterocycles. The van der Waals surface area contributed by atoms with Crippen molar-refractivity contribution in [1.82, 2.24) is 4.90 Å². The van der Waals surface area contributed by atoms with Crippen LogP contribution in [0.4, 0.5) is 5.69 Å². The topological polar surface area (TPSA) is 46.3 Å². The maximum absolute atomic E-state index is 11.4. The molecule has 1 aromatic carbocycles. The first-order valence-corrected chi connectivity index (χ1v) is 5.36. The summed E-state index contributed by atoms with van der Waals surface area (Å²) in [5.74, 6) is 0.203. The Kier molecular flexibility index (Phi) is 2.82. The number of halogens is 1. The zero-order valence-electron chi connectivity index (χ0n) is 8.37. The van der Waals surface area contributed by atoms with Crippen molar-refractivity contribution in [2.24, 2.45) is 0 Å². The summed E-state index contributed by atoms with van der Waals surface area (Å²) < 4.78 is 0. The van der Waals surface area contributed by atoms with E-state index in [4.69, 9.17) is 17.3 Å². The Balaban J connectivity index is 2.16. The second-order valence-corrected chi connectivity index (χ2v) is 4.20. The smallest absolute Gasteiger partial charge is 0.222 e. The lowest BCUT2D eigenvalue weighted by molar-refractivity contribution is -0.128. The highest BCUT2D eigenvalue weighted by Crippen LogP contribution is 2.21. The van der Waals surface area contributed by atoms with E-state index < -0.39 is 0 Å². The number of anilines is 1. The Hall–Kier alpha value is -1.22. The summed E-state index contributed by atoms with van der Waals surface area (Å²) in [6.07, 6.45) is 1.60. The minimum Gasteiger partial charge on any atom is -0.398 e. The predicted octanol–water partition coefficient (Wildman–Crippen LogP) is 2.04. The SMILES string of the molecule is Nc1ccc(Cl)cc1CN1CCCC1=O. The van der Waals surface area contributed by atoms with E-state index >= 15 is 0 Å². The first-order chi connectivity index (χ1) is 7.16. The predicted molar refractivity (Wildman–Crippen MR) is 60.5 cm³/mol. The number of benzene rings is 1. The van der Waals surface area contributed by atoms with Gasteiger partial charge in [0.15, 0.2) is 0 Å². The third kappa shape index (κ3) is 2.23. The molecule has 1 aliphatic heterocycles. The molecule has 0 aliphatic carbocycles. The molecule has 15 heavy (non-hydrogen) atoms. The van der Waals surface area contributed by atoms with Gasteiger partial charge in [-0.1, -0.05) is 11.6 Å². The highest BCUT2D eigenvalue weighted by atomic mass is 35.5. The van der Waals surface area contributed by atoms with Crippen LogP contribution in [0, 0.1) is 0 Å². The molecule has 1 amide bonds. The molecule has 1 heterocycles. The molecule has 3 nitrogen and oxygen atoms in total. The average molecular weight is 225 g/mol. The Morgan fingerprint density at radius 1 is 1.47 bits per heavy atom. The second-order valence-electron chi connectivity index (χ2n) is 3.76. The fourth-order valence-corrected chi connectivity index (χ4v) is 1.98. The molecule has 0 radical (unpaired) electrons. The van der Waals surface area contributed by atoms with E-state index in [1.54, 1.807) is 12.1 Å². The molecule has 0 unspecified atom stereocenters. The lowest BCUT2D eigenvalue weighted by Gasteiger charge is -2.16. The largest absolute Gasteiger partial charge is 0.398 e. The average Bonchev–Trinajstić information content (AvgIpc) is 2.58. The number of nitrogen functional groups attached to an aromatic ring is 1. The van der Waals surface area contributed by atoms with Gasteiger partial charge in [0.1, 0.15) is 0 Å². The van der Waals surface area contributed by atoms with Gasteiger partial charge in [0.2, 0.25) is 5.91 Å². The first-order valence-electron chi connectivity index (χ1n) is 4.98. The summed E-state index contributed by atoms with van der Waals surface area (Å²) in [5, 5.41) is 0.658. The van der Waals surface area contributed by atoms with Crippen LogP contribution < -0.4 is 5.73 Å². The molecule has 4 heteroatoms. The van der Waals surface area contributed by atoms with Crippen molar-refractivity contribution in [2.45, 2.75) is 19.4 Å². The van der Waals surface area contributed by atoms with E-state index in [1.807, 2.05) is 11.0 Å². The number of nitrogens with zero attached hydrogens (tertiary/aromatic N) is 1. The quantitative estimate of drug-likeness (QED) is 0.782. The van der Waals surface area contributed by atoms with Crippen LogP contribution in [0.5, 0.6) is 0 Å². The highest BCUT2D eigenvalue weighted by Gasteiger charge is 2.20. The van der Waals surface area contributed by atoms with Gasteiger partial charge in [0.25, 0.3) is 0 Å². The van der Waals surface area contributed by atoms with Crippen molar-refractivity contribution in [1.29, 1.82) is 0 Å². The van der Waals surface area contributed by atoms with Gasteiger partial charge < -0.3 is 10.6 Å². The van der Waals surface area contributed by atoms with E-state index in [1.165, 1.54) is 0 Å². The van der Waals surface area contributed by atoms with E-state index in [0.717, 1.165) is 18.5 Å². The highest BCUT2D eigenvalue weighted by molar-refractivity contribution is 6.30. The summed E-state index contributed by atoms with van der Waals surface area (Å²) in [6, 6.07) is 5.35. The molecule has 0 bridgehead atoms. The van der Waals surface area contributed by atoms with E-state index in [-0.39, 0.29) is 5.91 Å². The number of amides is 1. The maximum Gasteiger partial charge on any atom is 0.222 e. The van der Waals surface area contributed by atoms with Crippen molar-refractivity contribution in [3.63, 3.8) is 0 Å². The van der Waals surface area contributed by atoms with Crippen molar-refractivity contribution in [2.75, 3.05) is 12.3 Å². The molecule has 0 saturated carbocycles. The van der Waals surface area contributed by atoms with Crippen LogP contribution in [0.3, 0.4) is 0 Å². The maximum atomic E-state index is 11.4. The van der Waals surface area contributed by atoms with E-state index in [0.29, 0.717) is 23.7 Å². The monoisotopic (exact) mass is 224 g/mol. The summed E-state index contributed by atoms with van der Waals surface area (Å²) in [5.41, 5.74) is 7.44. The fraction of sp³-hybridized carbons (Fsp3) is 0.364. The number of hydrogen-bond acceptors (Lipinski definition) is 2. The van der Waals surface area contributed by atoms with Gasteiger partial charge in [-0.3, -0.25) is 4.79 Å². The molecule has 2 N–H and O–H groups in total. The number of likely N-dealkylation sites (tertiary alicyclic amines) is 1. The fourth-order valence-electron chi connectivity index (χ4n) is 1.79. The molecule has 0 spiro atoms. The lowest BCUT2D eigenvalue weighted by atomic mass is 10.1. The number of rotatable bonds is 2.